The van der Waals surface area contributed by atoms with Crippen LogP contribution in [0.4, 0.5) is 0 Å². The zero-order valence-corrected chi connectivity index (χ0v) is 14.9. The van der Waals surface area contributed by atoms with Gasteiger partial charge in [-0.15, -0.1) is 0 Å². The van der Waals surface area contributed by atoms with Crippen molar-refractivity contribution in [2.24, 2.45) is 0 Å². The third-order valence-electron chi connectivity index (χ3n) is 4.87. The number of nitrogens with one attached hydrogen (secondary N) is 1. The molecule has 4 nitrogen and oxygen atoms in total. The summed E-state index contributed by atoms with van der Waals surface area (Å²) in [5.74, 6) is 0. The van der Waals surface area contributed by atoms with Gasteiger partial charge in [-0.05, 0) is 64.5 Å². The Hall–Kier alpha value is -1.36. The van der Waals surface area contributed by atoms with Gasteiger partial charge in [0.2, 0.25) is 0 Å². The summed E-state index contributed by atoms with van der Waals surface area (Å²) >= 11 is 5.97. The van der Waals surface area contributed by atoms with Gasteiger partial charge in [0.15, 0.2) is 0 Å². The Bertz CT molecular complexity index is 662. The summed E-state index contributed by atoms with van der Waals surface area (Å²) in [5, 5.41) is 9.06. The molecule has 23 heavy (non-hydrogen) atoms. The highest BCUT2D eigenvalue weighted by atomic mass is 35.5. The van der Waals surface area contributed by atoms with Crippen LogP contribution >= 0.6 is 11.6 Å². The summed E-state index contributed by atoms with van der Waals surface area (Å²) < 4.78 is 2.00. The van der Waals surface area contributed by atoms with Crippen molar-refractivity contribution in [1.29, 1.82) is 0 Å². The lowest BCUT2D eigenvalue weighted by Gasteiger charge is -2.19. The molecular formula is C18H25ClN4. The summed E-state index contributed by atoms with van der Waals surface area (Å²) in [6.45, 7) is 7.35. The number of benzene rings is 1. The minimum absolute atomic E-state index is 0.668. The van der Waals surface area contributed by atoms with Crippen LogP contribution in [-0.2, 0) is 6.54 Å². The van der Waals surface area contributed by atoms with Crippen molar-refractivity contribution in [2.45, 2.75) is 39.3 Å². The molecule has 0 amide bonds. The van der Waals surface area contributed by atoms with Crippen LogP contribution in [0.1, 0.15) is 29.8 Å². The predicted octanol–water partition coefficient (Wildman–Crippen LogP) is 3.33. The first-order valence-electron chi connectivity index (χ1n) is 8.28. The van der Waals surface area contributed by atoms with Crippen molar-refractivity contribution in [3.05, 3.63) is 46.2 Å². The van der Waals surface area contributed by atoms with Crippen LogP contribution in [-0.4, -0.2) is 40.9 Å². The van der Waals surface area contributed by atoms with E-state index in [1.165, 1.54) is 30.6 Å². The van der Waals surface area contributed by atoms with E-state index in [2.05, 4.69) is 31.1 Å². The lowest BCUT2D eigenvalue weighted by molar-refractivity contribution is 0.300. The SMILES string of the molecule is Cc1nn(-c2ccc(Cl)cc2)c(C)c1CNCC1CCCN1C. The van der Waals surface area contributed by atoms with E-state index in [-0.39, 0.29) is 0 Å². The van der Waals surface area contributed by atoms with Crippen molar-refractivity contribution in [1.82, 2.24) is 20.0 Å². The highest BCUT2D eigenvalue weighted by Crippen LogP contribution is 2.20. The largest absolute Gasteiger partial charge is 0.311 e. The second-order valence-corrected chi connectivity index (χ2v) is 6.88. The van der Waals surface area contributed by atoms with Crippen LogP contribution in [0.15, 0.2) is 24.3 Å². The summed E-state index contributed by atoms with van der Waals surface area (Å²) in [6, 6.07) is 8.49. The topological polar surface area (TPSA) is 33.1 Å². The molecule has 0 saturated carbocycles. The maximum atomic E-state index is 5.97. The van der Waals surface area contributed by atoms with Crippen LogP contribution in [0.2, 0.25) is 5.02 Å². The molecule has 5 heteroatoms. The Balaban J connectivity index is 1.69. The van der Waals surface area contributed by atoms with Gasteiger partial charge in [-0.2, -0.15) is 5.10 Å². The molecule has 1 aromatic carbocycles. The maximum absolute atomic E-state index is 5.97. The van der Waals surface area contributed by atoms with Crippen molar-refractivity contribution in [3.8, 4) is 5.69 Å². The Morgan fingerprint density at radius 2 is 2.00 bits per heavy atom. The molecule has 1 fully saturated rings. The fourth-order valence-corrected chi connectivity index (χ4v) is 3.49. The van der Waals surface area contributed by atoms with Crippen molar-refractivity contribution >= 4 is 11.6 Å². The molecule has 1 N–H and O–H groups in total. The average Bonchev–Trinajstić information content (AvgIpc) is 3.06. The molecule has 1 unspecified atom stereocenters. The van der Waals surface area contributed by atoms with Gasteiger partial charge in [0.05, 0.1) is 11.4 Å². The van der Waals surface area contributed by atoms with E-state index >= 15 is 0 Å². The Morgan fingerprint density at radius 3 is 2.65 bits per heavy atom. The van der Waals surface area contributed by atoms with Crippen LogP contribution in [0, 0.1) is 13.8 Å². The van der Waals surface area contributed by atoms with Crippen LogP contribution < -0.4 is 5.32 Å². The molecule has 1 atom stereocenters. The van der Waals surface area contributed by atoms with E-state index in [0.29, 0.717) is 6.04 Å². The summed E-state index contributed by atoms with van der Waals surface area (Å²) in [6.07, 6.45) is 2.61. The number of halogens is 1. The number of hydrogen-bond donors (Lipinski definition) is 1. The minimum atomic E-state index is 0.668. The fraction of sp³-hybridized carbons (Fsp3) is 0.500. The number of aryl methyl sites for hydroxylation is 1. The highest BCUT2D eigenvalue weighted by Gasteiger charge is 2.20. The van der Waals surface area contributed by atoms with Gasteiger partial charge in [-0.3, -0.25) is 0 Å². The van der Waals surface area contributed by atoms with E-state index in [9.17, 15) is 0 Å². The molecule has 1 saturated heterocycles. The van der Waals surface area contributed by atoms with Gasteiger partial charge in [0.1, 0.15) is 0 Å². The van der Waals surface area contributed by atoms with E-state index in [4.69, 9.17) is 16.7 Å². The summed E-state index contributed by atoms with van der Waals surface area (Å²) in [4.78, 5) is 2.45. The number of aromatic nitrogens is 2. The molecule has 124 valence electrons. The standard InChI is InChI=1S/C18H25ClN4/c1-13-18(12-20-11-17-5-4-10-22(17)3)14(2)23(21-13)16-8-6-15(19)7-9-16/h6-9,17,20H,4-5,10-12H2,1-3H3. The summed E-state index contributed by atoms with van der Waals surface area (Å²) in [5.41, 5.74) is 4.62. The van der Waals surface area contributed by atoms with Gasteiger partial charge in [-0.1, -0.05) is 11.6 Å². The first-order chi connectivity index (χ1) is 11.1. The zero-order chi connectivity index (χ0) is 16.4. The molecular weight excluding hydrogens is 308 g/mol. The van der Waals surface area contributed by atoms with Gasteiger partial charge >= 0.3 is 0 Å². The first kappa shape index (κ1) is 16.5. The molecule has 0 spiro atoms. The van der Waals surface area contributed by atoms with E-state index in [1.54, 1.807) is 0 Å². The van der Waals surface area contributed by atoms with Crippen molar-refractivity contribution in [2.75, 3.05) is 20.1 Å². The molecule has 1 aliphatic heterocycles. The maximum Gasteiger partial charge on any atom is 0.0649 e. The van der Waals surface area contributed by atoms with Gasteiger partial charge < -0.3 is 10.2 Å². The molecule has 0 aliphatic carbocycles. The monoisotopic (exact) mass is 332 g/mol. The average molecular weight is 333 g/mol. The lowest BCUT2D eigenvalue weighted by atomic mass is 10.1. The lowest BCUT2D eigenvalue weighted by Crippen LogP contribution is -2.35. The summed E-state index contributed by atoms with van der Waals surface area (Å²) in [7, 11) is 2.22. The van der Waals surface area contributed by atoms with E-state index < -0.39 is 0 Å². The van der Waals surface area contributed by atoms with E-state index in [0.717, 1.165) is 29.5 Å². The highest BCUT2D eigenvalue weighted by molar-refractivity contribution is 6.30. The molecule has 2 aromatic rings. The second-order valence-electron chi connectivity index (χ2n) is 6.45. The number of rotatable bonds is 5. The molecule has 0 radical (unpaired) electrons. The van der Waals surface area contributed by atoms with Crippen LogP contribution in [0.25, 0.3) is 5.69 Å². The normalized spacial score (nSPS) is 18.7. The molecule has 2 heterocycles. The Kier molecular flexibility index (Phi) is 5.05. The molecule has 0 bridgehead atoms. The van der Waals surface area contributed by atoms with Crippen molar-refractivity contribution in [3.63, 3.8) is 0 Å². The second kappa shape index (κ2) is 7.04. The number of likely N-dealkylation sites (N-methyl/N-ethyl adjacent to an activating group) is 1. The van der Waals surface area contributed by atoms with Gasteiger partial charge in [0, 0.05) is 35.4 Å². The van der Waals surface area contributed by atoms with Gasteiger partial charge in [-0.25, -0.2) is 4.68 Å². The molecule has 3 rings (SSSR count). The third-order valence-corrected chi connectivity index (χ3v) is 5.12. The van der Waals surface area contributed by atoms with Gasteiger partial charge in [0.25, 0.3) is 0 Å². The minimum Gasteiger partial charge on any atom is -0.311 e. The van der Waals surface area contributed by atoms with Crippen molar-refractivity contribution < 1.29 is 0 Å². The zero-order valence-electron chi connectivity index (χ0n) is 14.1. The first-order valence-corrected chi connectivity index (χ1v) is 8.66. The number of likely N-dealkylation sites (tertiary alicyclic amines) is 1. The van der Waals surface area contributed by atoms with Crippen LogP contribution in [0.3, 0.4) is 0 Å². The number of hydrogen-bond acceptors (Lipinski definition) is 3. The fourth-order valence-electron chi connectivity index (χ4n) is 3.37. The predicted molar refractivity (Wildman–Crippen MR) is 95.4 cm³/mol. The quantitative estimate of drug-likeness (QED) is 0.911. The molecule has 1 aliphatic rings. The van der Waals surface area contributed by atoms with E-state index in [1.807, 2.05) is 28.9 Å². The van der Waals surface area contributed by atoms with Crippen LogP contribution in [0.5, 0.6) is 0 Å². The smallest absolute Gasteiger partial charge is 0.0649 e. The Labute approximate surface area is 143 Å². The number of nitrogens with zero attached hydrogens (tertiary/aromatic N) is 3. The molecule has 1 aromatic heterocycles. The third kappa shape index (κ3) is 3.60. The Morgan fingerprint density at radius 1 is 1.26 bits per heavy atom.